The zero-order valence-electron chi connectivity index (χ0n) is 39.6. The molecule has 2 aromatic heterocycles. The fourth-order valence-electron chi connectivity index (χ4n) is 10.7. The first-order chi connectivity index (χ1) is 35.3. The quantitative estimate of drug-likeness (QED) is 0.150. The smallest absolute Gasteiger partial charge is 0.238 e. The number of terminal acetylenes is 4. The van der Waals surface area contributed by atoms with Crippen LogP contribution in [0.3, 0.4) is 0 Å². The number of rotatable bonds is 7. The first-order valence-corrected chi connectivity index (χ1v) is 23.8. The number of nitrogens with zero attached hydrogens (tertiary/aromatic N) is 4. The Morgan fingerprint density at radius 2 is 0.875 bits per heavy atom. The topological polar surface area (TPSA) is 43.6 Å². The Balaban J connectivity index is 1.06. The Morgan fingerprint density at radius 3 is 1.50 bits per heavy atom. The second-order valence-corrected chi connectivity index (χ2v) is 18.5. The molecule has 4 nitrogen and oxygen atoms in total. The van der Waals surface area contributed by atoms with Crippen LogP contribution in [0.25, 0.3) is 106 Å². The van der Waals surface area contributed by atoms with Crippen LogP contribution in [0, 0.1) is 49.4 Å². The maximum Gasteiger partial charge on any atom is 0.238 e. The molecule has 2 heterocycles. The van der Waals surface area contributed by atoms with Crippen LogP contribution in [0.5, 0.6) is 0 Å². The molecule has 12 rings (SSSR count). The first-order valence-electron chi connectivity index (χ1n) is 23.8. The maximum atomic E-state index is 6.20. The summed E-state index contributed by atoms with van der Waals surface area (Å²) >= 11 is 0. The van der Waals surface area contributed by atoms with Crippen molar-refractivity contribution in [2.75, 3.05) is 0 Å². The van der Waals surface area contributed by atoms with Gasteiger partial charge in [0, 0.05) is 49.6 Å². The van der Waals surface area contributed by atoms with Crippen molar-refractivity contribution in [2.45, 2.75) is 19.3 Å². The molecular formula is C68H42N4. The molecule has 0 N–H and O–H groups in total. The van der Waals surface area contributed by atoms with Gasteiger partial charge in [0.2, 0.25) is 5.95 Å². The third-order valence-corrected chi connectivity index (χ3v) is 14.2. The van der Waals surface area contributed by atoms with Crippen molar-refractivity contribution < 1.29 is 0 Å². The molecule has 9 aromatic carbocycles. The van der Waals surface area contributed by atoms with Gasteiger partial charge >= 0.3 is 0 Å². The lowest BCUT2D eigenvalue weighted by Gasteiger charge is -2.21. The summed E-state index contributed by atoms with van der Waals surface area (Å²) in [4.78, 5) is 15.6. The maximum absolute atomic E-state index is 6.20. The molecule has 0 atom stereocenters. The fraction of sp³-hybridized carbons (Fsp3) is 0.0441. The number of fused-ring (bicyclic) bond motifs is 6. The Hall–Kier alpha value is -9.97. The molecule has 1 aliphatic rings. The molecule has 0 saturated heterocycles. The SMILES string of the molecule is C#Cc1cccc(-c2ccc(-c3cccc(-c4ccc5c(c4)c4cc6c(cc4n5-c4nc(-c5ccccc5)nc(-c5ccccc5)n4)C(C)(C)c4ccccc4-6)c3)cc2-c2cccc(C#C)c2C#C)c1C#C. The highest BCUT2D eigenvalue weighted by Gasteiger charge is 2.36. The average Bonchev–Trinajstić information content (AvgIpc) is 3.88. The largest absolute Gasteiger partial charge is 0.278 e. The van der Waals surface area contributed by atoms with E-state index in [-0.39, 0.29) is 5.41 Å². The third-order valence-electron chi connectivity index (χ3n) is 14.2. The van der Waals surface area contributed by atoms with Crippen LogP contribution < -0.4 is 0 Å². The highest BCUT2D eigenvalue weighted by molar-refractivity contribution is 6.12. The fourth-order valence-corrected chi connectivity index (χ4v) is 10.7. The van der Waals surface area contributed by atoms with Gasteiger partial charge < -0.3 is 0 Å². The molecule has 0 unspecified atom stereocenters. The van der Waals surface area contributed by atoms with Gasteiger partial charge in [0.25, 0.3) is 0 Å². The molecule has 0 aliphatic heterocycles. The predicted molar refractivity (Wildman–Crippen MR) is 296 cm³/mol. The van der Waals surface area contributed by atoms with E-state index in [0.717, 1.165) is 77.4 Å². The molecule has 1 aliphatic carbocycles. The molecule has 11 aromatic rings. The molecule has 334 valence electrons. The summed E-state index contributed by atoms with van der Waals surface area (Å²) in [5, 5.41) is 2.19. The summed E-state index contributed by atoms with van der Waals surface area (Å²) in [5.74, 6) is 13.1. The summed E-state index contributed by atoms with van der Waals surface area (Å²) in [7, 11) is 0. The van der Waals surface area contributed by atoms with E-state index in [9.17, 15) is 0 Å². The van der Waals surface area contributed by atoms with Crippen molar-refractivity contribution in [2.24, 2.45) is 0 Å². The van der Waals surface area contributed by atoms with E-state index in [1.807, 2.05) is 97.1 Å². The van der Waals surface area contributed by atoms with Crippen molar-refractivity contribution in [3.8, 4) is 134 Å². The van der Waals surface area contributed by atoms with Crippen molar-refractivity contribution in [3.05, 3.63) is 228 Å². The van der Waals surface area contributed by atoms with Gasteiger partial charge in [-0.3, -0.25) is 4.57 Å². The van der Waals surface area contributed by atoms with Gasteiger partial charge in [-0.1, -0.05) is 183 Å². The first kappa shape index (κ1) is 43.3. The minimum atomic E-state index is -0.226. The van der Waals surface area contributed by atoms with Crippen LogP contribution in [-0.2, 0) is 5.41 Å². The summed E-state index contributed by atoms with van der Waals surface area (Å²) in [6.45, 7) is 4.63. The van der Waals surface area contributed by atoms with Crippen LogP contribution in [0.15, 0.2) is 194 Å². The Morgan fingerprint density at radius 1 is 0.361 bits per heavy atom. The highest BCUT2D eigenvalue weighted by atomic mass is 15.2. The van der Waals surface area contributed by atoms with Gasteiger partial charge in [-0.05, 0) is 115 Å². The molecule has 72 heavy (non-hydrogen) atoms. The molecule has 4 heteroatoms. The van der Waals surface area contributed by atoms with Crippen LogP contribution in [-0.4, -0.2) is 19.5 Å². The average molecular weight is 915 g/mol. The number of aromatic nitrogens is 4. The van der Waals surface area contributed by atoms with Crippen molar-refractivity contribution in [3.63, 3.8) is 0 Å². The molecular weight excluding hydrogens is 873 g/mol. The van der Waals surface area contributed by atoms with E-state index in [2.05, 4.69) is 139 Å². The summed E-state index contributed by atoms with van der Waals surface area (Å²) in [6.07, 6.45) is 24.3. The lowest BCUT2D eigenvalue weighted by molar-refractivity contribution is 0.661. The zero-order chi connectivity index (χ0) is 49.1. The predicted octanol–water partition coefficient (Wildman–Crippen LogP) is 15.2. The Labute approximate surface area is 419 Å². The Kier molecular flexibility index (Phi) is 10.4. The summed E-state index contributed by atoms with van der Waals surface area (Å²) < 4.78 is 2.22. The zero-order valence-corrected chi connectivity index (χ0v) is 39.6. The van der Waals surface area contributed by atoms with Crippen LogP contribution in [0.4, 0.5) is 0 Å². The number of hydrogen-bond acceptors (Lipinski definition) is 3. The van der Waals surface area contributed by atoms with E-state index >= 15 is 0 Å². The molecule has 0 fully saturated rings. The van der Waals surface area contributed by atoms with Crippen molar-refractivity contribution in [1.29, 1.82) is 0 Å². The third kappa shape index (κ3) is 6.99. The lowest BCUT2D eigenvalue weighted by atomic mass is 9.82. The van der Waals surface area contributed by atoms with E-state index in [0.29, 0.717) is 39.9 Å². The van der Waals surface area contributed by atoms with Crippen molar-refractivity contribution in [1.82, 2.24) is 19.5 Å². The molecule has 0 spiro atoms. The molecule has 0 saturated carbocycles. The lowest BCUT2D eigenvalue weighted by Crippen LogP contribution is -2.15. The minimum absolute atomic E-state index is 0.226. The van der Waals surface area contributed by atoms with Gasteiger partial charge in [-0.15, -0.1) is 25.7 Å². The van der Waals surface area contributed by atoms with Gasteiger partial charge in [0.15, 0.2) is 11.6 Å². The van der Waals surface area contributed by atoms with E-state index < -0.39 is 0 Å². The van der Waals surface area contributed by atoms with E-state index in [4.69, 9.17) is 40.6 Å². The summed E-state index contributed by atoms with van der Waals surface area (Å²) in [6, 6.07) is 67.1. The van der Waals surface area contributed by atoms with E-state index in [1.165, 1.54) is 22.3 Å². The van der Waals surface area contributed by atoms with Crippen molar-refractivity contribution >= 4 is 21.8 Å². The van der Waals surface area contributed by atoms with Gasteiger partial charge in [0.1, 0.15) is 0 Å². The van der Waals surface area contributed by atoms with Gasteiger partial charge in [0.05, 0.1) is 11.0 Å². The van der Waals surface area contributed by atoms with Gasteiger partial charge in [-0.25, -0.2) is 4.98 Å². The number of benzene rings is 9. The molecule has 0 amide bonds. The van der Waals surface area contributed by atoms with Crippen LogP contribution in [0.2, 0.25) is 0 Å². The second-order valence-electron chi connectivity index (χ2n) is 18.5. The minimum Gasteiger partial charge on any atom is -0.278 e. The van der Waals surface area contributed by atoms with Crippen LogP contribution >= 0.6 is 0 Å². The second kappa shape index (κ2) is 17.2. The summed E-state index contributed by atoms with van der Waals surface area (Å²) in [5.41, 5.74) is 18.8. The highest BCUT2D eigenvalue weighted by Crippen LogP contribution is 2.51. The van der Waals surface area contributed by atoms with Crippen LogP contribution in [0.1, 0.15) is 47.2 Å². The normalized spacial score (nSPS) is 12.1. The monoisotopic (exact) mass is 914 g/mol. The van der Waals surface area contributed by atoms with E-state index in [1.54, 1.807) is 0 Å². The standard InChI is InChI=1S/C68H42N4/c1-7-43-26-20-31-53(51(43)9-3)55-36-34-49(39-57(55)54-32-21-27-44(8-2)52(54)10-4)47-28-19-29-48(38-47)50-35-37-63-59(40-50)60-41-58-56-30-17-18-33-61(56)68(5,6)62(58)42-64(60)72(63)67-70-65(45-22-13-11-14-23-45)69-66(71-67)46-24-15-12-16-25-46/h1-4,11-42H,5-6H3. The Bertz CT molecular complexity index is 4160. The molecule has 0 bridgehead atoms. The molecule has 0 radical (unpaired) electrons. The number of hydrogen-bond donors (Lipinski definition) is 0. The van der Waals surface area contributed by atoms with Gasteiger partial charge in [-0.2, -0.15) is 9.97 Å².